The van der Waals surface area contributed by atoms with Gasteiger partial charge in [-0.15, -0.1) is 0 Å². The largest absolute Gasteiger partial charge is 0.494 e. The van der Waals surface area contributed by atoms with Crippen molar-refractivity contribution in [3.8, 4) is 17.2 Å². The average molecular weight is 453 g/mol. The number of hydrogen-bond donors (Lipinski definition) is 2. The monoisotopic (exact) mass is 452 g/mol. The maximum absolute atomic E-state index is 11.0. The van der Waals surface area contributed by atoms with Crippen LogP contribution in [0.1, 0.15) is 36.6 Å². The maximum Gasteiger partial charge on any atom is 0.269 e. The van der Waals surface area contributed by atoms with Crippen LogP contribution in [0, 0.1) is 10.1 Å². The summed E-state index contributed by atoms with van der Waals surface area (Å²) < 4.78 is 16.2. The van der Waals surface area contributed by atoms with Gasteiger partial charge in [-0.25, -0.2) is 0 Å². The van der Waals surface area contributed by atoms with Gasteiger partial charge >= 0.3 is 0 Å². The van der Waals surface area contributed by atoms with Crippen LogP contribution in [0.2, 0.25) is 0 Å². The van der Waals surface area contributed by atoms with Gasteiger partial charge in [0.15, 0.2) is 11.5 Å². The fraction of sp³-hybridized carbons (Fsp3) is 0.280. The third kappa shape index (κ3) is 6.14. The summed E-state index contributed by atoms with van der Waals surface area (Å²) in [5.41, 5.74) is 2.35. The molecular formula is C25H28N2O6. The molecule has 0 spiro atoms. The highest BCUT2D eigenvalue weighted by molar-refractivity contribution is 5.50. The van der Waals surface area contributed by atoms with E-state index < -0.39 is 11.0 Å². The zero-order chi connectivity index (χ0) is 23.8. The van der Waals surface area contributed by atoms with Crippen molar-refractivity contribution in [2.45, 2.75) is 25.5 Å². The number of aliphatic hydroxyl groups is 1. The molecule has 3 aromatic carbocycles. The number of ether oxygens (including phenoxy) is 3. The summed E-state index contributed by atoms with van der Waals surface area (Å²) in [6.07, 6.45) is -0.451. The molecule has 2 unspecified atom stereocenters. The number of non-ortho nitro benzene ring substituents is 1. The number of nitro benzene ring substituents is 1. The van der Waals surface area contributed by atoms with Gasteiger partial charge in [0.25, 0.3) is 5.69 Å². The molecule has 0 aliphatic heterocycles. The van der Waals surface area contributed by atoms with Crippen molar-refractivity contribution in [3.05, 3.63) is 88.0 Å². The number of aliphatic hydroxyl groups excluding tert-OH is 1. The van der Waals surface area contributed by atoms with E-state index in [0.717, 1.165) is 11.3 Å². The Labute approximate surface area is 192 Å². The second-order valence-corrected chi connectivity index (χ2v) is 7.37. The van der Waals surface area contributed by atoms with Gasteiger partial charge in [-0.2, -0.15) is 0 Å². The SMILES string of the molecule is CCOc1ccc(C(CC(O)c2ccc(OC)c(OC)c2)Nc2ccc([N+](=O)[O-])cc2)cc1. The minimum Gasteiger partial charge on any atom is -0.494 e. The lowest BCUT2D eigenvalue weighted by atomic mass is 9.96. The molecular weight excluding hydrogens is 424 g/mol. The average Bonchev–Trinajstić information content (AvgIpc) is 2.84. The summed E-state index contributed by atoms with van der Waals surface area (Å²) in [7, 11) is 3.11. The van der Waals surface area contributed by atoms with Crippen LogP contribution in [-0.4, -0.2) is 30.9 Å². The van der Waals surface area contributed by atoms with Gasteiger partial charge < -0.3 is 24.6 Å². The first-order chi connectivity index (χ1) is 15.9. The van der Waals surface area contributed by atoms with Crippen molar-refractivity contribution in [2.24, 2.45) is 0 Å². The first-order valence-electron chi connectivity index (χ1n) is 10.6. The van der Waals surface area contributed by atoms with Gasteiger partial charge in [0.1, 0.15) is 5.75 Å². The summed E-state index contributed by atoms with van der Waals surface area (Å²) in [6.45, 7) is 2.49. The molecule has 0 aliphatic carbocycles. The van der Waals surface area contributed by atoms with Crippen LogP contribution in [0.3, 0.4) is 0 Å². The second kappa shape index (κ2) is 11.2. The Morgan fingerprint density at radius 2 is 1.58 bits per heavy atom. The topological polar surface area (TPSA) is 103 Å². The normalized spacial score (nSPS) is 12.5. The highest BCUT2D eigenvalue weighted by atomic mass is 16.6. The zero-order valence-electron chi connectivity index (χ0n) is 18.9. The summed E-state index contributed by atoms with van der Waals surface area (Å²) in [6, 6.07) is 18.9. The molecule has 0 aliphatic rings. The predicted octanol–water partition coefficient (Wildman–Crippen LogP) is 5.29. The number of benzene rings is 3. The standard InChI is InChI=1S/C25H28N2O6/c1-4-33-21-12-5-17(6-13-21)22(26-19-8-10-20(11-9-19)27(29)30)16-23(28)18-7-14-24(31-2)25(15-18)32-3/h5-15,22-23,26,28H,4,16H2,1-3H3. The van der Waals surface area contributed by atoms with Crippen LogP contribution < -0.4 is 19.5 Å². The van der Waals surface area contributed by atoms with Crippen LogP contribution in [0.4, 0.5) is 11.4 Å². The summed E-state index contributed by atoms with van der Waals surface area (Å²) in [4.78, 5) is 10.5. The van der Waals surface area contributed by atoms with Crippen LogP contribution in [0.5, 0.6) is 17.2 Å². The fourth-order valence-electron chi connectivity index (χ4n) is 3.54. The van der Waals surface area contributed by atoms with Crippen LogP contribution in [-0.2, 0) is 0 Å². The van der Waals surface area contributed by atoms with Gasteiger partial charge in [-0.3, -0.25) is 10.1 Å². The summed E-state index contributed by atoms with van der Waals surface area (Å²) >= 11 is 0. The van der Waals surface area contributed by atoms with Gasteiger partial charge in [-0.1, -0.05) is 18.2 Å². The summed E-state index contributed by atoms with van der Waals surface area (Å²) in [5, 5.41) is 25.4. The van der Waals surface area contributed by atoms with Gasteiger partial charge in [0.2, 0.25) is 0 Å². The molecule has 0 radical (unpaired) electrons. The molecule has 2 N–H and O–H groups in total. The van der Waals surface area contributed by atoms with Crippen LogP contribution in [0.25, 0.3) is 0 Å². The smallest absolute Gasteiger partial charge is 0.269 e. The lowest BCUT2D eigenvalue weighted by Gasteiger charge is -2.24. The molecule has 3 rings (SSSR count). The molecule has 174 valence electrons. The lowest BCUT2D eigenvalue weighted by Crippen LogP contribution is -2.15. The molecule has 8 heteroatoms. The molecule has 0 saturated carbocycles. The molecule has 0 heterocycles. The Bertz CT molecular complexity index is 1050. The second-order valence-electron chi connectivity index (χ2n) is 7.37. The highest BCUT2D eigenvalue weighted by Crippen LogP contribution is 2.35. The Kier molecular flexibility index (Phi) is 8.10. The van der Waals surface area contributed by atoms with E-state index >= 15 is 0 Å². The third-order valence-corrected chi connectivity index (χ3v) is 5.26. The van der Waals surface area contributed by atoms with Crippen molar-refractivity contribution in [1.82, 2.24) is 0 Å². The van der Waals surface area contributed by atoms with E-state index in [1.807, 2.05) is 31.2 Å². The van der Waals surface area contributed by atoms with Gasteiger partial charge in [-0.05, 0) is 54.4 Å². The number of methoxy groups -OCH3 is 2. The zero-order valence-corrected chi connectivity index (χ0v) is 18.9. The Morgan fingerprint density at radius 1 is 0.939 bits per heavy atom. The Balaban J connectivity index is 1.86. The van der Waals surface area contributed by atoms with Crippen LogP contribution in [0.15, 0.2) is 66.7 Å². The minimum atomic E-state index is -0.799. The predicted molar refractivity (Wildman–Crippen MR) is 126 cm³/mol. The first-order valence-corrected chi connectivity index (χ1v) is 10.6. The maximum atomic E-state index is 11.0. The number of nitro groups is 1. The minimum absolute atomic E-state index is 0.0172. The molecule has 0 bridgehead atoms. The number of rotatable bonds is 11. The number of anilines is 1. The molecule has 0 aromatic heterocycles. The first kappa shape index (κ1) is 23.9. The van der Waals surface area contributed by atoms with Gasteiger partial charge in [0.05, 0.1) is 37.9 Å². The molecule has 0 fully saturated rings. The number of hydrogen-bond acceptors (Lipinski definition) is 7. The van der Waals surface area contributed by atoms with E-state index in [4.69, 9.17) is 14.2 Å². The lowest BCUT2D eigenvalue weighted by molar-refractivity contribution is -0.384. The highest BCUT2D eigenvalue weighted by Gasteiger charge is 2.20. The number of nitrogens with zero attached hydrogens (tertiary/aromatic N) is 1. The molecule has 0 amide bonds. The quantitative estimate of drug-likeness (QED) is 0.301. The van der Waals surface area contributed by atoms with E-state index in [1.54, 1.807) is 44.6 Å². The van der Waals surface area contributed by atoms with Crippen molar-refractivity contribution in [2.75, 3.05) is 26.1 Å². The molecule has 3 aromatic rings. The van der Waals surface area contributed by atoms with Crippen LogP contribution >= 0.6 is 0 Å². The van der Waals surface area contributed by atoms with E-state index in [1.165, 1.54) is 12.1 Å². The van der Waals surface area contributed by atoms with E-state index in [9.17, 15) is 15.2 Å². The Morgan fingerprint density at radius 3 is 2.15 bits per heavy atom. The number of nitrogens with one attached hydrogen (secondary N) is 1. The van der Waals surface area contributed by atoms with Crippen molar-refractivity contribution >= 4 is 11.4 Å². The fourth-order valence-corrected chi connectivity index (χ4v) is 3.54. The van der Waals surface area contributed by atoms with Crippen molar-refractivity contribution < 1.29 is 24.2 Å². The summed E-state index contributed by atoms with van der Waals surface area (Å²) in [5.74, 6) is 1.88. The van der Waals surface area contributed by atoms with Crippen molar-refractivity contribution in [1.29, 1.82) is 0 Å². The van der Waals surface area contributed by atoms with E-state index in [0.29, 0.717) is 35.8 Å². The molecule has 8 nitrogen and oxygen atoms in total. The third-order valence-electron chi connectivity index (χ3n) is 5.26. The van der Waals surface area contributed by atoms with E-state index in [-0.39, 0.29) is 11.7 Å². The van der Waals surface area contributed by atoms with Crippen molar-refractivity contribution in [3.63, 3.8) is 0 Å². The molecule has 33 heavy (non-hydrogen) atoms. The van der Waals surface area contributed by atoms with E-state index in [2.05, 4.69) is 5.32 Å². The molecule has 2 atom stereocenters. The molecule has 0 saturated heterocycles. The Hall–Kier alpha value is -3.78. The van der Waals surface area contributed by atoms with Gasteiger partial charge in [0, 0.05) is 24.2 Å².